The Morgan fingerprint density at radius 2 is 1.64 bits per heavy atom. The second-order valence-corrected chi connectivity index (χ2v) is 12.1. The maximum absolute atomic E-state index is 13.5. The number of benzene rings is 3. The highest BCUT2D eigenvalue weighted by Gasteiger charge is 2.28. The molecular formula is C28H20Cl2FN5O4S2. The van der Waals surface area contributed by atoms with Crippen LogP contribution in [0.2, 0.25) is 10.0 Å². The van der Waals surface area contributed by atoms with Crippen molar-refractivity contribution in [3.05, 3.63) is 112 Å². The van der Waals surface area contributed by atoms with E-state index in [-0.39, 0.29) is 43.4 Å². The Morgan fingerprint density at radius 1 is 1.00 bits per heavy atom. The molecule has 2 heterocycles. The number of anilines is 1. The van der Waals surface area contributed by atoms with Gasteiger partial charge in [0, 0.05) is 17.5 Å². The fraction of sp³-hybridized carbons (Fsp3) is 0.0357. The molecule has 3 aromatic carbocycles. The van der Waals surface area contributed by atoms with Crippen LogP contribution in [-0.2, 0) is 15.8 Å². The molecule has 9 nitrogen and oxygen atoms in total. The van der Waals surface area contributed by atoms with Crippen LogP contribution < -0.4 is 15.2 Å². The topological polar surface area (TPSA) is 140 Å². The van der Waals surface area contributed by atoms with Gasteiger partial charge in [-0.05, 0) is 66.2 Å². The molecule has 0 fully saturated rings. The second kappa shape index (κ2) is 12.4. The number of rotatable bonds is 10. The zero-order valence-electron chi connectivity index (χ0n) is 21.3. The number of hydrogen-bond acceptors (Lipinski definition) is 7. The Kier molecular flexibility index (Phi) is 8.69. The minimum atomic E-state index is -4.32. The summed E-state index contributed by atoms with van der Waals surface area (Å²) in [7, 11) is -4.32. The number of carbonyl (C=O) groups excluding carboxylic acids is 1. The third-order valence-corrected chi connectivity index (χ3v) is 8.80. The van der Waals surface area contributed by atoms with E-state index in [4.69, 9.17) is 33.7 Å². The van der Waals surface area contributed by atoms with E-state index in [2.05, 4.69) is 19.9 Å². The molecule has 1 amide bonds. The van der Waals surface area contributed by atoms with Crippen molar-refractivity contribution in [2.45, 2.75) is 15.8 Å². The van der Waals surface area contributed by atoms with Crippen molar-refractivity contribution in [3.8, 4) is 22.8 Å². The van der Waals surface area contributed by atoms with Crippen molar-refractivity contribution in [2.75, 3.05) is 4.72 Å². The molecule has 2 aromatic heterocycles. The predicted octanol–water partition coefficient (Wildman–Crippen LogP) is 6.90. The molecule has 42 heavy (non-hydrogen) atoms. The van der Waals surface area contributed by atoms with Crippen molar-refractivity contribution in [3.63, 3.8) is 0 Å². The number of halogens is 3. The number of ether oxygens (including phenoxy) is 1. The molecule has 0 radical (unpaired) electrons. The summed E-state index contributed by atoms with van der Waals surface area (Å²) in [6.07, 6.45) is 1.35. The summed E-state index contributed by atoms with van der Waals surface area (Å²) in [4.78, 5) is 16.1. The first-order valence-electron chi connectivity index (χ1n) is 12.1. The molecular weight excluding hydrogens is 624 g/mol. The number of aromatic nitrogens is 3. The first-order valence-corrected chi connectivity index (χ1v) is 15.3. The van der Waals surface area contributed by atoms with Crippen molar-refractivity contribution in [1.29, 1.82) is 0 Å². The first kappa shape index (κ1) is 29.4. The van der Waals surface area contributed by atoms with Crippen LogP contribution in [0.4, 0.5) is 10.1 Å². The molecule has 14 heteroatoms. The second-order valence-electron chi connectivity index (χ2n) is 8.72. The number of sulfonamides is 1. The van der Waals surface area contributed by atoms with Gasteiger partial charge < -0.3 is 10.5 Å². The van der Waals surface area contributed by atoms with Gasteiger partial charge in [-0.15, -0.1) is 0 Å². The standard InChI is InChI=1S/C28H20Cl2FN5O4S2/c29-21-2-1-3-22(30)25(21)36-42(38,39)28-24(23-14-17(26(32)37)12-13-33-23)27(34-35-28)41-15-16-4-8-19(9-5-16)40-20-10-6-18(31)7-11-20/h1-14,36H,15H2,(H2,32,37)(H,34,35). The summed E-state index contributed by atoms with van der Waals surface area (Å²) in [6, 6.07) is 20.2. The average Bonchev–Trinajstić information content (AvgIpc) is 3.41. The molecule has 0 unspecified atom stereocenters. The third-order valence-electron chi connectivity index (χ3n) is 5.82. The molecule has 0 bridgehead atoms. The Morgan fingerprint density at radius 3 is 2.29 bits per heavy atom. The van der Waals surface area contributed by atoms with E-state index in [1.165, 1.54) is 66.5 Å². The van der Waals surface area contributed by atoms with Gasteiger partial charge >= 0.3 is 0 Å². The number of primary amides is 1. The molecule has 0 saturated heterocycles. The number of nitrogens with one attached hydrogen (secondary N) is 2. The number of para-hydroxylation sites is 1. The van der Waals surface area contributed by atoms with Gasteiger partial charge in [-0.1, -0.05) is 53.2 Å². The van der Waals surface area contributed by atoms with Crippen LogP contribution in [0.15, 0.2) is 95.1 Å². The lowest BCUT2D eigenvalue weighted by atomic mass is 10.1. The van der Waals surface area contributed by atoms with Crippen LogP contribution in [0.3, 0.4) is 0 Å². The van der Waals surface area contributed by atoms with Gasteiger partial charge in [0.2, 0.25) is 5.91 Å². The van der Waals surface area contributed by atoms with Crippen LogP contribution >= 0.6 is 35.0 Å². The molecule has 0 saturated carbocycles. The lowest BCUT2D eigenvalue weighted by molar-refractivity contribution is 0.1000. The number of thioether (sulfide) groups is 1. The highest BCUT2D eigenvalue weighted by molar-refractivity contribution is 7.98. The summed E-state index contributed by atoms with van der Waals surface area (Å²) < 4.78 is 48.4. The number of amides is 1. The summed E-state index contributed by atoms with van der Waals surface area (Å²) in [6.45, 7) is 0. The predicted molar refractivity (Wildman–Crippen MR) is 160 cm³/mol. The van der Waals surface area contributed by atoms with Crippen LogP contribution in [0, 0.1) is 5.82 Å². The molecule has 0 aliphatic carbocycles. The van der Waals surface area contributed by atoms with Gasteiger partial charge in [-0.25, -0.2) is 4.39 Å². The molecule has 0 aliphatic rings. The molecule has 4 N–H and O–H groups in total. The number of pyridine rings is 1. The van der Waals surface area contributed by atoms with Crippen molar-refractivity contribution in [1.82, 2.24) is 15.2 Å². The van der Waals surface area contributed by atoms with E-state index in [9.17, 15) is 17.6 Å². The van der Waals surface area contributed by atoms with Crippen LogP contribution in [0.5, 0.6) is 11.5 Å². The number of nitrogens with two attached hydrogens (primary N) is 1. The van der Waals surface area contributed by atoms with Gasteiger partial charge in [0.15, 0.2) is 5.03 Å². The van der Waals surface area contributed by atoms with Crippen LogP contribution in [0.1, 0.15) is 15.9 Å². The fourth-order valence-electron chi connectivity index (χ4n) is 3.78. The largest absolute Gasteiger partial charge is 0.457 e. The monoisotopic (exact) mass is 643 g/mol. The zero-order chi connectivity index (χ0) is 29.9. The Balaban J connectivity index is 1.44. The number of aromatic amines is 1. The molecule has 5 aromatic rings. The molecule has 5 rings (SSSR count). The van der Waals surface area contributed by atoms with Gasteiger partial charge in [0.1, 0.15) is 22.3 Å². The maximum atomic E-state index is 13.5. The highest BCUT2D eigenvalue weighted by Crippen LogP contribution is 2.38. The molecule has 0 spiro atoms. The fourth-order valence-corrected chi connectivity index (χ4v) is 6.63. The van der Waals surface area contributed by atoms with Gasteiger partial charge in [0.05, 0.1) is 27.0 Å². The van der Waals surface area contributed by atoms with Crippen molar-refractivity contribution in [2.24, 2.45) is 5.73 Å². The van der Waals surface area contributed by atoms with E-state index >= 15 is 0 Å². The number of nitrogens with zero attached hydrogens (tertiary/aromatic N) is 2. The third kappa shape index (κ3) is 6.68. The van der Waals surface area contributed by atoms with Crippen LogP contribution in [0.25, 0.3) is 11.3 Å². The lowest BCUT2D eigenvalue weighted by Crippen LogP contribution is -2.15. The van der Waals surface area contributed by atoms with E-state index in [1.807, 2.05) is 12.1 Å². The average molecular weight is 645 g/mol. The molecule has 0 aliphatic heterocycles. The molecule has 214 valence electrons. The zero-order valence-corrected chi connectivity index (χ0v) is 24.5. The van der Waals surface area contributed by atoms with Crippen molar-refractivity contribution < 1.29 is 22.3 Å². The highest BCUT2D eigenvalue weighted by atomic mass is 35.5. The number of hydrogen-bond donors (Lipinski definition) is 3. The van der Waals surface area contributed by atoms with Crippen molar-refractivity contribution >= 4 is 56.6 Å². The van der Waals surface area contributed by atoms with E-state index in [1.54, 1.807) is 18.2 Å². The summed E-state index contributed by atoms with van der Waals surface area (Å²) in [5, 5.41) is 7.04. The summed E-state index contributed by atoms with van der Waals surface area (Å²) in [5.74, 6) is 0.382. The normalized spacial score (nSPS) is 11.3. The first-order chi connectivity index (χ1) is 20.1. The maximum Gasteiger partial charge on any atom is 0.279 e. The SMILES string of the molecule is NC(=O)c1ccnc(-c2c(SCc3ccc(Oc4ccc(F)cc4)cc3)n[nH]c2S(=O)(=O)Nc2c(Cl)cccc2Cl)c1. The van der Waals surface area contributed by atoms with E-state index in [0.717, 1.165) is 5.56 Å². The Bertz CT molecular complexity index is 1850. The van der Waals surface area contributed by atoms with E-state index in [0.29, 0.717) is 22.3 Å². The van der Waals surface area contributed by atoms with Gasteiger partial charge in [-0.3, -0.25) is 19.6 Å². The Labute approximate surface area is 254 Å². The Hall–Kier alpha value is -4.10. The minimum Gasteiger partial charge on any atom is -0.457 e. The smallest absolute Gasteiger partial charge is 0.279 e. The summed E-state index contributed by atoms with van der Waals surface area (Å²) in [5.41, 5.74) is 6.77. The van der Waals surface area contributed by atoms with Gasteiger partial charge in [0.25, 0.3) is 10.0 Å². The number of carbonyl (C=O) groups is 1. The quantitative estimate of drug-likeness (QED) is 0.141. The van der Waals surface area contributed by atoms with Crippen LogP contribution in [-0.4, -0.2) is 29.5 Å². The summed E-state index contributed by atoms with van der Waals surface area (Å²) >= 11 is 13.6. The minimum absolute atomic E-state index is 0.00243. The van der Waals surface area contributed by atoms with E-state index < -0.39 is 15.9 Å². The molecule has 0 atom stereocenters. The van der Waals surface area contributed by atoms with Gasteiger partial charge in [-0.2, -0.15) is 13.5 Å². The number of H-pyrrole nitrogens is 1. The lowest BCUT2D eigenvalue weighted by Gasteiger charge is -2.12.